The monoisotopic (exact) mass is 788 g/mol. The number of aromatic nitrogens is 1. The number of hydrogen-bond donors (Lipinski definition) is 3. The zero-order valence-corrected chi connectivity index (χ0v) is 32.4. The smallest absolute Gasteiger partial charge is 0.264 e. The van der Waals surface area contributed by atoms with E-state index in [4.69, 9.17) is 0 Å². The average Bonchev–Trinajstić information content (AvgIpc) is 3.49. The summed E-state index contributed by atoms with van der Waals surface area (Å²) in [6.45, 7) is 4.32. The van der Waals surface area contributed by atoms with E-state index in [-0.39, 0.29) is 48.2 Å². The molecule has 3 fully saturated rings. The predicted molar refractivity (Wildman–Crippen MR) is 216 cm³/mol. The highest BCUT2D eigenvalue weighted by molar-refractivity contribution is 6.25. The van der Waals surface area contributed by atoms with E-state index in [1.54, 1.807) is 60.9 Å². The Bertz CT molecular complexity index is 2070. The van der Waals surface area contributed by atoms with Crippen molar-refractivity contribution in [1.29, 1.82) is 0 Å². The number of nitrogens with one attached hydrogen (secondary N) is 3. The van der Waals surface area contributed by atoms with E-state index in [0.717, 1.165) is 42.6 Å². The number of rotatable bonds is 13. The summed E-state index contributed by atoms with van der Waals surface area (Å²) in [5, 5.41) is 8.08. The van der Waals surface area contributed by atoms with Gasteiger partial charge in [0.1, 0.15) is 6.04 Å². The summed E-state index contributed by atoms with van der Waals surface area (Å²) >= 11 is 0. The van der Waals surface area contributed by atoms with Gasteiger partial charge in [0.15, 0.2) is 0 Å². The summed E-state index contributed by atoms with van der Waals surface area (Å²) in [6.07, 6.45) is 11.7. The third-order valence-corrected chi connectivity index (χ3v) is 11.3. The molecule has 5 heterocycles. The first-order valence-electron chi connectivity index (χ1n) is 20.0. The van der Waals surface area contributed by atoms with Crippen molar-refractivity contribution in [2.75, 3.05) is 62.6 Å². The number of hydrogen-bond acceptors (Lipinski definition) is 10. The maximum Gasteiger partial charge on any atom is 0.264 e. The van der Waals surface area contributed by atoms with E-state index in [1.807, 2.05) is 26.8 Å². The SMILES string of the molecule is O=C(/C=C/c1cccnc1)NCCCCC1CCN(C(=O)c2ccc(NC(=O)CN3CCN(c4cccc5c4C(=O)N(C4CCC(=O)NC4=O)C5=O)CC3)cc2)CC1. The number of anilines is 2. The number of pyridine rings is 1. The molecule has 2 aromatic carbocycles. The van der Waals surface area contributed by atoms with Gasteiger partial charge in [-0.25, -0.2) is 0 Å². The van der Waals surface area contributed by atoms with Gasteiger partial charge in [0.2, 0.25) is 23.6 Å². The van der Waals surface area contributed by atoms with Gasteiger partial charge >= 0.3 is 0 Å². The fourth-order valence-electron chi connectivity index (χ4n) is 8.09. The third-order valence-electron chi connectivity index (χ3n) is 11.3. The Labute approximate surface area is 336 Å². The van der Waals surface area contributed by atoms with Crippen LogP contribution >= 0.6 is 0 Å². The van der Waals surface area contributed by atoms with Crippen molar-refractivity contribution in [3.63, 3.8) is 0 Å². The molecule has 15 nitrogen and oxygen atoms in total. The van der Waals surface area contributed by atoms with E-state index in [9.17, 15) is 33.6 Å². The van der Waals surface area contributed by atoms with E-state index in [2.05, 4.69) is 20.9 Å². The highest BCUT2D eigenvalue weighted by Gasteiger charge is 2.46. The van der Waals surface area contributed by atoms with E-state index < -0.39 is 29.7 Å². The van der Waals surface area contributed by atoms with Crippen LogP contribution in [0.5, 0.6) is 0 Å². The molecule has 0 spiro atoms. The summed E-state index contributed by atoms with van der Waals surface area (Å²) in [5.74, 6) is -1.92. The molecule has 4 aliphatic heterocycles. The zero-order chi connectivity index (χ0) is 40.6. The molecule has 7 rings (SSSR count). The molecule has 302 valence electrons. The van der Waals surface area contributed by atoms with Gasteiger partial charge in [-0.3, -0.25) is 53.7 Å². The van der Waals surface area contributed by atoms with Crippen molar-refractivity contribution >= 4 is 58.8 Å². The van der Waals surface area contributed by atoms with Crippen LogP contribution in [0.2, 0.25) is 0 Å². The fraction of sp³-hybridized carbons (Fsp3) is 0.395. The van der Waals surface area contributed by atoms with Crippen molar-refractivity contribution in [3.05, 3.63) is 95.3 Å². The normalized spacial score (nSPS) is 19.0. The number of amides is 7. The van der Waals surface area contributed by atoms with Crippen LogP contribution in [0.25, 0.3) is 6.08 Å². The zero-order valence-electron chi connectivity index (χ0n) is 32.4. The number of fused-ring (bicyclic) bond motifs is 1. The Morgan fingerprint density at radius 1 is 0.845 bits per heavy atom. The van der Waals surface area contributed by atoms with Crippen molar-refractivity contribution in [2.24, 2.45) is 5.92 Å². The number of imide groups is 2. The van der Waals surface area contributed by atoms with Gasteiger partial charge in [-0.15, -0.1) is 0 Å². The summed E-state index contributed by atoms with van der Waals surface area (Å²) in [5.41, 5.74) is 3.16. The topological polar surface area (TPSA) is 181 Å². The number of piperazine rings is 1. The first-order valence-corrected chi connectivity index (χ1v) is 20.0. The van der Waals surface area contributed by atoms with Gasteiger partial charge in [0, 0.05) is 82.0 Å². The van der Waals surface area contributed by atoms with Crippen molar-refractivity contribution in [3.8, 4) is 0 Å². The number of likely N-dealkylation sites (tertiary alicyclic amines) is 1. The van der Waals surface area contributed by atoms with E-state index >= 15 is 0 Å². The van der Waals surface area contributed by atoms with Gasteiger partial charge in [0.25, 0.3) is 17.7 Å². The molecule has 0 saturated carbocycles. The van der Waals surface area contributed by atoms with Crippen LogP contribution in [0, 0.1) is 5.92 Å². The van der Waals surface area contributed by atoms with Gasteiger partial charge < -0.3 is 20.4 Å². The highest BCUT2D eigenvalue weighted by Crippen LogP contribution is 2.34. The van der Waals surface area contributed by atoms with Crippen LogP contribution in [-0.2, 0) is 19.2 Å². The molecule has 15 heteroatoms. The Morgan fingerprint density at radius 3 is 2.34 bits per heavy atom. The minimum atomic E-state index is -1.03. The molecule has 1 aromatic heterocycles. The lowest BCUT2D eigenvalue weighted by Crippen LogP contribution is -2.54. The summed E-state index contributed by atoms with van der Waals surface area (Å²) < 4.78 is 0. The number of piperidine rings is 2. The Kier molecular flexibility index (Phi) is 12.7. The molecule has 4 aliphatic rings. The second-order valence-electron chi connectivity index (χ2n) is 15.2. The average molecular weight is 789 g/mol. The number of carbonyl (C=O) groups excluding carboxylic acids is 7. The number of nitrogens with zero attached hydrogens (tertiary/aromatic N) is 5. The number of carbonyl (C=O) groups is 7. The van der Waals surface area contributed by atoms with Gasteiger partial charge in [-0.2, -0.15) is 0 Å². The van der Waals surface area contributed by atoms with Crippen molar-refractivity contribution in [1.82, 2.24) is 30.3 Å². The predicted octanol–water partition coefficient (Wildman–Crippen LogP) is 3.10. The lowest BCUT2D eigenvalue weighted by molar-refractivity contribution is -0.136. The lowest BCUT2D eigenvalue weighted by Gasteiger charge is -2.36. The molecule has 0 bridgehead atoms. The molecule has 0 aliphatic carbocycles. The lowest BCUT2D eigenvalue weighted by atomic mass is 9.91. The molecule has 1 unspecified atom stereocenters. The Balaban J connectivity index is 0.803. The Hall–Kier alpha value is -6.22. The number of benzene rings is 2. The van der Waals surface area contributed by atoms with Crippen LogP contribution < -0.4 is 20.9 Å². The molecule has 0 radical (unpaired) electrons. The van der Waals surface area contributed by atoms with Crippen LogP contribution in [0.4, 0.5) is 11.4 Å². The maximum atomic E-state index is 13.6. The maximum absolute atomic E-state index is 13.6. The standard InChI is InChI=1S/C43H48N8O7/c52-36(15-9-30-6-4-19-44-27-30)45-20-2-1-5-29-17-21-50(22-18-29)41(56)31-10-12-32(13-11-31)46-38(54)28-48-23-25-49(26-24-48)34-8-3-7-33-39(34)43(58)51(42(33)57)35-14-16-37(53)47-40(35)55/h3-4,6-13,15,19,27,29,35H,1-2,5,14,16-18,20-26,28H2,(H,45,52)(H,46,54)(H,47,53,55)/b15-9+. The fourth-order valence-corrected chi connectivity index (χ4v) is 8.09. The van der Waals surface area contributed by atoms with E-state index in [0.29, 0.717) is 68.7 Å². The minimum Gasteiger partial charge on any atom is -0.368 e. The van der Waals surface area contributed by atoms with Crippen molar-refractivity contribution < 1.29 is 33.6 Å². The molecular weight excluding hydrogens is 741 g/mol. The second kappa shape index (κ2) is 18.4. The first-order chi connectivity index (χ1) is 28.1. The summed E-state index contributed by atoms with van der Waals surface area (Å²) in [6, 6.07) is 14.8. The van der Waals surface area contributed by atoms with Crippen molar-refractivity contribution in [2.45, 2.75) is 51.0 Å². The highest BCUT2D eigenvalue weighted by atomic mass is 16.2. The molecule has 1 atom stereocenters. The molecule has 58 heavy (non-hydrogen) atoms. The molecular formula is C43H48N8O7. The van der Waals surface area contributed by atoms with Crippen LogP contribution in [0.3, 0.4) is 0 Å². The largest absolute Gasteiger partial charge is 0.368 e. The molecule has 7 amide bonds. The Morgan fingerprint density at radius 2 is 1.62 bits per heavy atom. The minimum absolute atomic E-state index is 0.0185. The van der Waals surface area contributed by atoms with Crippen LogP contribution in [-0.4, -0.2) is 119 Å². The van der Waals surface area contributed by atoms with E-state index in [1.165, 1.54) is 6.08 Å². The summed E-state index contributed by atoms with van der Waals surface area (Å²) in [7, 11) is 0. The van der Waals surface area contributed by atoms with Crippen LogP contribution in [0.15, 0.2) is 73.1 Å². The molecule has 3 N–H and O–H groups in total. The first kappa shape index (κ1) is 40.0. The van der Waals surface area contributed by atoms with Gasteiger partial charge in [-0.1, -0.05) is 25.0 Å². The van der Waals surface area contributed by atoms with Gasteiger partial charge in [-0.05, 0) is 85.7 Å². The third kappa shape index (κ3) is 9.48. The van der Waals surface area contributed by atoms with Crippen LogP contribution in [0.1, 0.15) is 81.6 Å². The summed E-state index contributed by atoms with van der Waals surface area (Å²) in [4.78, 5) is 100. The van der Waals surface area contributed by atoms with Gasteiger partial charge in [0.05, 0.1) is 23.4 Å². The second-order valence-corrected chi connectivity index (χ2v) is 15.2. The molecule has 3 saturated heterocycles. The quantitative estimate of drug-likeness (QED) is 0.132. The number of unbranched alkanes of at least 4 members (excludes halogenated alkanes) is 1. The molecule has 3 aromatic rings.